The molecule has 1 aromatic heterocycles. The van der Waals surface area contributed by atoms with Crippen LogP contribution in [-0.2, 0) is 0 Å². The fourth-order valence-corrected chi connectivity index (χ4v) is 2.62. The Morgan fingerprint density at radius 3 is 2.80 bits per heavy atom. The van der Waals surface area contributed by atoms with Crippen molar-refractivity contribution in [1.82, 2.24) is 9.97 Å². The van der Waals surface area contributed by atoms with Crippen molar-refractivity contribution >= 4 is 23.4 Å². The van der Waals surface area contributed by atoms with Crippen LogP contribution in [0.2, 0.25) is 0 Å². The van der Waals surface area contributed by atoms with Crippen molar-refractivity contribution in [2.45, 2.75) is 16.8 Å². The highest BCUT2D eigenvalue weighted by Gasteiger charge is 2.22. The van der Waals surface area contributed by atoms with Gasteiger partial charge in [-0.3, -0.25) is 10.1 Å². The zero-order chi connectivity index (χ0) is 14.7. The van der Waals surface area contributed by atoms with E-state index >= 15 is 0 Å². The summed E-state index contributed by atoms with van der Waals surface area (Å²) >= 11 is 1.15. The third-order valence-corrected chi connectivity index (χ3v) is 3.45. The SMILES string of the molecule is COc1cccc(Sc2nc(N)nc(C)c2[N+](=O)[O-])c1. The molecule has 8 heteroatoms. The molecular weight excluding hydrogens is 280 g/mol. The molecule has 0 radical (unpaired) electrons. The van der Waals surface area contributed by atoms with Crippen LogP contribution in [0.1, 0.15) is 5.69 Å². The molecule has 0 aliphatic carbocycles. The van der Waals surface area contributed by atoms with Crippen molar-refractivity contribution in [3.63, 3.8) is 0 Å². The summed E-state index contributed by atoms with van der Waals surface area (Å²) in [5, 5.41) is 11.3. The van der Waals surface area contributed by atoms with Crippen molar-refractivity contribution in [3.05, 3.63) is 40.1 Å². The number of nitrogens with zero attached hydrogens (tertiary/aromatic N) is 3. The van der Waals surface area contributed by atoms with Gasteiger partial charge in [0.15, 0.2) is 5.03 Å². The van der Waals surface area contributed by atoms with Gasteiger partial charge in [0.05, 0.1) is 12.0 Å². The van der Waals surface area contributed by atoms with Crippen molar-refractivity contribution < 1.29 is 9.66 Å². The van der Waals surface area contributed by atoms with E-state index < -0.39 is 4.92 Å². The fraction of sp³-hybridized carbons (Fsp3) is 0.167. The van der Waals surface area contributed by atoms with E-state index in [1.54, 1.807) is 25.3 Å². The second-order valence-corrected chi connectivity index (χ2v) is 4.92. The van der Waals surface area contributed by atoms with Crippen molar-refractivity contribution in [1.29, 1.82) is 0 Å². The lowest BCUT2D eigenvalue weighted by Crippen LogP contribution is -2.04. The van der Waals surface area contributed by atoms with Gasteiger partial charge in [-0.15, -0.1) is 0 Å². The molecule has 0 bridgehead atoms. The number of ether oxygens (including phenoxy) is 1. The second-order valence-electron chi connectivity index (χ2n) is 3.86. The Balaban J connectivity index is 2.44. The van der Waals surface area contributed by atoms with Crippen LogP contribution < -0.4 is 10.5 Å². The minimum absolute atomic E-state index is 0.0125. The molecule has 0 saturated carbocycles. The molecule has 0 unspecified atom stereocenters. The molecule has 2 rings (SSSR count). The average Bonchev–Trinajstić information content (AvgIpc) is 2.37. The fourth-order valence-electron chi connectivity index (χ4n) is 1.62. The molecule has 1 heterocycles. The Kier molecular flexibility index (Phi) is 4.04. The van der Waals surface area contributed by atoms with Gasteiger partial charge >= 0.3 is 5.69 Å². The van der Waals surface area contributed by atoms with Crippen molar-refractivity contribution in [3.8, 4) is 5.75 Å². The maximum absolute atomic E-state index is 11.1. The molecule has 1 aromatic carbocycles. The standard InChI is InChI=1S/C12H12N4O3S/c1-7-10(16(17)18)11(15-12(13)14-7)20-9-5-3-4-8(6-9)19-2/h3-6H,1-2H3,(H2,13,14,15). The Bertz CT molecular complexity index is 663. The number of aryl methyl sites for hydroxylation is 1. The normalized spacial score (nSPS) is 10.3. The molecule has 0 atom stereocenters. The topological polar surface area (TPSA) is 104 Å². The van der Waals surface area contributed by atoms with Crippen LogP contribution in [0, 0.1) is 17.0 Å². The average molecular weight is 292 g/mol. The lowest BCUT2D eigenvalue weighted by Gasteiger charge is -2.06. The summed E-state index contributed by atoms with van der Waals surface area (Å²) < 4.78 is 5.11. The first-order valence-electron chi connectivity index (χ1n) is 5.61. The maximum atomic E-state index is 11.1. The smallest absolute Gasteiger partial charge is 0.322 e. The van der Waals surface area contributed by atoms with Gasteiger partial charge in [0.2, 0.25) is 5.95 Å². The number of hydrogen-bond donors (Lipinski definition) is 1. The highest BCUT2D eigenvalue weighted by Crippen LogP contribution is 2.36. The van der Waals surface area contributed by atoms with Gasteiger partial charge in [-0.25, -0.2) is 4.98 Å². The van der Waals surface area contributed by atoms with Crippen LogP contribution in [0.4, 0.5) is 11.6 Å². The van der Waals surface area contributed by atoms with Gasteiger partial charge in [-0.05, 0) is 25.1 Å². The zero-order valence-electron chi connectivity index (χ0n) is 10.9. The van der Waals surface area contributed by atoms with E-state index in [4.69, 9.17) is 10.5 Å². The third kappa shape index (κ3) is 2.97. The van der Waals surface area contributed by atoms with Crippen LogP contribution >= 0.6 is 11.8 Å². The maximum Gasteiger partial charge on any atom is 0.322 e. The lowest BCUT2D eigenvalue weighted by atomic mass is 10.3. The zero-order valence-corrected chi connectivity index (χ0v) is 11.7. The number of nitrogens with two attached hydrogens (primary N) is 1. The number of nitrogen functional groups attached to an aromatic ring is 1. The van der Waals surface area contributed by atoms with Crippen molar-refractivity contribution in [2.75, 3.05) is 12.8 Å². The van der Waals surface area contributed by atoms with Crippen LogP contribution in [0.5, 0.6) is 5.75 Å². The second kappa shape index (κ2) is 5.74. The Morgan fingerprint density at radius 2 is 2.15 bits per heavy atom. The van der Waals surface area contributed by atoms with E-state index in [0.717, 1.165) is 16.7 Å². The largest absolute Gasteiger partial charge is 0.497 e. The summed E-state index contributed by atoms with van der Waals surface area (Å²) in [4.78, 5) is 19.2. The number of hydrogen-bond acceptors (Lipinski definition) is 7. The minimum Gasteiger partial charge on any atom is -0.497 e. The monoisotopic (exact) mass is 292 g/mol. The molecule has 0 saturated heterocycles. The summed E-state index contributed by atoms with van der Waals surface area (Å²) in [5.74, 6) is 0.676. The van der Waals surface area contributed by atoms with Gasteiger partial charge in [0.1, 0.15) is 11.4 Å². The molecule has 7 nitrogen and oxygen atoms in total. The first-order valence-corrected chi connectivity index (χ1v) is 6.43. The number of aromatic nitrogens is 2. The van der Waals surface area contributed by atoms with Gasteiger partial charge < -0.3 is 10.5 Å². The Hall–Kier alpha value is -2.35. The van der Waals surface area contributed by atoms with E-state index in [2.05, 4.69) is 9.97 Å². The molecule has 104 valence electrons. The van der Waals surface area contributed by atoms with Gasteiger partial charge in [0.25, 0.3) is 0 Å². The van der Waals surface area contributed by atoms with Gasteiger partial charge in [-0.1, -0.05) is 17.8 Å². The van der Waals surface area contributed by atoms with E-state index in [0.29, 0.717) is 5.75 Å². The number of anilines is 1. The first kappa shape index (κ1) is 14.1. The van der Waals surface area contributed by atoms with E-state index in [1.165, 1.54) is 6.92 Å². The molecule has 2 N–H and O–H groups in total. The van der Waals surface area contributed by atoms with Crippen LogP contribution in [0.15, 0.2) is 34.2 Å². The predicted octanol–water partition coefficient (Wildman–Crippen LogP) is 2.44. The number of methoxy groups -OCH3 is 1. The molecule has 20 heavy (non-hydrogen) atoms. The van der Waals surface area contributed by atoms with Crippen LogP contribution in [-0.4, -0.2) is 22.0 Å². The summed E-state index contributed by atoms with van der Waals surface area (Å²) in [5.41, 5.74) is 5.67. The van der Waals surface area contributed by atoms with Crippen LogP contribution in [0.3, 0.4) is 0 Å². The minimum atomic E-state index is -0.503. The van der Waals surface area contributed by atoms with Gasteiger partial charge in [0, 0.05) is 4.90 Å². The summed E-state index contributed by atoms with van der Waals surface area (Å²) in [6.45, 7) is 1.53. The molecular formula is C12H12N4O3S. The first-order chi connectivity index (χ1) is 9.51. The molecule has 0 amide bonds. The molecule has 0 aliphatic heterocycles. The van der Waals surface area contributed by atoms with Crippen molar-refractivity contribution in [2.24, 2.45) is 0 Å². The number of nitro groups is 1. The number of rotatable bonds is 4. The third-order valence-electron chi connectivity index (χ3n) is 2.48. The van der Waals surface area contributed by atoms with E-state index in [-0.39, 0.29) is 22.4 Å². The highest BCUT2D eigenvalue weighted by molar-refractivity contribution is 7.99. The lowest BCUT2D eigenvalue weighted by molar-refractivity contribution is -0.389. The molecule has 0 fully saturated rings. The predicted molar refractivity (Wildman–Crippen MR) is 75.0 cm³/mol. The highest BCUT2D eigenvalue weighted by atomic mass is 32.2. The molecule has 0 spiro atoms. The Morgan fingerprint density at radius 1 is 1.40 bits per heavy atom. The van der Waals surface area contributed by atoms with Crippen LogP contribution in [0.25, 0.3) is 0 Å². The summed E-state index contributed by atoms with van der Waals surface area (Å²) in [6, 6.07) is 7.16. The summed E-state index contributed by atoms with van der Waals surface area (Å²) in [7, 11) is 1.55. The molecule has 0 aliphatic rings. The van der Waals surface area contributed by atoms with Gasteiger partial charge in [-0.2, -0.15) is 4.98 Å². The van der Waals surface area contributed by atoms with E-state index in [1.807, 2.05) is 6.07 Å². The summed E-state index contributed by atoms with van der Waals surface area (Å²) in [6.07, 6.45) is 0. The quantitative estimate of drug-likeness (QED) is 0.524. The molecule has 2 aromatic rings. The Labute approximate surface area is 119 Å². The van der Waals surface area contributed by atoms with E-state index in [9.17, 15) is 10.1 Å². The number of benzene rings is 1.